The zero-order valence-electron chi connectivity index (χ0n) is 21.6. The maximum Gasteiger partial charge on any atom is 0.267 e. The van der Waals surface area contributed by atoms with Crippen LogP contribution >= 0.6 is 0 Å². The van der Waals surface area contributed by atoms with Crippen molar-refractivity contribution in [1.29, 1.82) is 5.26 Å². The third-order valence-corrected chi connectivity index (χ3v) is 9.18. The number of hydrogen-bond acceptors (Lipinski definition) is 1. The summed E-state index contributed by atoms with van der Waals surface area (Å²) >= 11 is 0. The summed E-state index contributed by atoms with van der Waals surface area (Å²) in [6, 6.07) is 39.3. The lowest BCUT2D eigenvalue weighted by atomic mass is 9.63. The van der Waals surface area contributed by atoms with E-state index in [4.69, 9.17) is 6.58 Å². The monoisotopic (exact) mass is 501 g/mol. The molecular weight excluding hydrogens is 474 g/mol. The molecule has 39 heavy (non-hydrogen) atoms. The molecule has 2 atom stereocenters. The van der Waals surface area contributed by atoms with Gasteiger partial charge in [0.25, 0.3) is 11.2 Å². The highest BCUT2D eigenvalue weighted by Crippen LogP contribution is 2.53. The standard InChI is InChI=1S/C36H27N3/c1-24-36-22-29-11-7-13-34(39(29)36)31-16-14-25(23-37)20-32(31)33(36)17-15-27-10-5-6-12-30(27)35-21-28(18-19-38(24)35)26-8-3-2-4-9-26/h2-14,16,18-21,33H,1,15,17,22H2/q+2. The molecule has 8 rings (SSSR count). The summed E-state index contributed by atoms with van der Waals surface area (Å²) in [5, 5.41) is 9.81. The van der Waals surface area contributed by atoms with E-state index in [0.717, 1.165) is 30.5 Å². The molecule has 3 nitrogen and oxygen atoms in total. The Balaban J connectivity index is 1.42. The Kier molecular flexibility index (Phi) is 4.61. The molecule has 0 radical (unpaired) electrons. The predicted molar refractivity (Wildman–Crippen MR) is 152 cm³/mol. The van der Waals surface area contributed by atoms with E-state index >= 15 is 0 Å². The summed E-state index contributed by atoms with van der Waals surface area (Å²) < 4.78 is 4.89. The summed E-state index contributed by atoms with van der Waals surface area (Å²) in [4.78, 5) is 0. The molecule has 3 aliphatic heterocycles. The molecule has 5 heterocycles. The van der Waals surface area contributed by atoms with E-state index in [9.17, 15) is 5.26 Å². The second kappa shape index (κ2) is 8.09. The van der Waals surface area contributed by atoms with Gasteiger partial charge in [-0.15, -0.1) is 0 Å². The van der Waals surface area contributed by atoms with Crippen LogP contribution in [-0.4, -0.2) is 0 Å². The Labute approximate surface area is 228 Å². The van der Waals surface area contributed by atoms with Crippen molar-refractivity contribution in [3.8, 4) is 39.7 Å². The van der Waals surface area contributed by atoms with Gasteiger partial charge in [-0.2, -0.15) is 14.4 Å². The lowest BCUT2D eigenvalue weighted by Crippen LogP contribution is -2.76. The number of allylic oxidation sites excluding steroid dienone is 1. The average Bonchev–Trinajstić information content (AvgIpc) is 3.03. The van der Waals surface area contributed by atoms with Gasteiger partial charge < -0.3 is 0 Å². The molecule has 0 amide bonds. The Bertz CT molecular complexity index is 1880. The second-order valence-corrected chi connectivity index (χ2v) is 11.0. The van der Waals surface area contributed by atoms with E-state index in [2.05, 4.69) is 118 Å². The van der Waals surface area contributed by atoms with Gasteiger partial charge in [-0.05, 0) is 72.0 Å². The number of nitrogens with zero attached hydrogens (tertiary/aromatic N) is 3. The number of hydrogen-bond donors (Lipinski definition) is 0. The van der Waals surface area contributed by atoms with Crippen LogP contribution in [-0.2, 0) is 18.4 Å². The quantitative estimate of drug-likeness (QED) is 0.238. The summed E-state index contributed by atoms with van der Waals surface area (Å²) in [7, 11) is 0. The Morgan fingerprint density at radius 1 is 0.795 bits per heavy atom. The van der Waals surface area contributed by atoms with Crippen molar-refractivity contribution < 1.29 is 9.13 Å². The van der Waals surface area contributed by atoms with Crippen LogP contribution in [0.4, 0.5) is 0 Å². The fourth-order valence-electron chi connectivity index (χ4n) is 7.40. The SMILES string of the molecule is C=C1[n+]2ccc(-c3ccccc3)cc2-c2ccccc2CCC2c3cc(C#N)ccc3-c3cccc4[n+]3C12C4. The van der Waals surface area contributed by atoms with Gasteiger partial charge in [-0.3, -0.25) is 0 Å². The van der Waals surface area contributed by atoms with E-state index in [1.165, 1.54) is 50.5 Å². The van der Waals surface area contributed by atoms with Crippen molar-refractivity contribution in [2.45, 2.75) is 30.7 Å². The van der Waals surface area contributed by atoms with Gasteiger partial charge in [0.05, 0.1) is 23.1 Å². The molecule has 3 aliphatic rings. The van der Waals surface area contributed by atoms with Crippen LogP contribution in [0.15, 0.2) is 116 Å². The van der Waals surface area contributed by atoms with Crippen molar-refractivity contribution in [1.82, 2.24) is 0 Å². The maximum atomic E-state index is 9.81. The number of pyridine rings is 2. The highest BCUT2D eigenvalue weighted by molar-refractivity contribution is 5.73. The molecule has 0 aliphatic carbocycles. The van der Waals surface area contributed by atoms with Gasteiger partial charge in [0.2, 0.25) is 11.4 Å². The molecule has 1 spiro atoms. The predicted octanol–water partition coefficient (Wildman–Crippen LogP) is 6.60. The van der Waals surface area contributed by atoms with E-state index in [1.54, 1.807) is 0 Å². The zero-order chi connectivity index (χ0) is 26.1. The van der Waals surface area contributed by atoms with Crippen LogP contribution in [0.3, 0.4) is 0 Å². The number of nitriles is 1. The van der Waals surface area contributed by atoms with Crippen LogP contribution in [0.25, 0.3) is 39.3 Å². The number of aryl methyl sites for hydroxylation is 1. The molecule has 0 saturated heterocycles. The number of rotatable bonds is 1. The second-order valence-electron chi connectivity index (χ2n) is 11.0. The molecule has 2 unspecified atom stereocenters. The molecule has 3 aromatic carbocycles. The first-order valence-corrected chi connectivity index (χ1v) is 13.7. The fourth-order valence-corrected chi connectivity index (χ4v) is 7.40. The van der Waals surface area contributed by atoms with Gasteiger partial charge in [0.15, 0.2) is 11.9 Å². The third kappa shape index (κ3) is 2.97. The minimum atomic E-state index is -0.289. The van der Waals surface area contributed by atoms with Crippen LogP contribution in [0, 0.1) is 11.3 Å². The maximum absolute atomic E-state index is 9.81. The van der Waals surface area contributed by atoms with Crippen LogP contribution in [0.1, 0.15) is 34.7 Å². The topological polar surface area (TPSA) is 31.5 Å². The van der Waals surface area contributed by atoms with Gasteiger partial charge in [0.1, 0.15) is 6.42 Å². The molecule has 0 fully saturated rings. The van der Waals surface area contributed by atoms with Crippen LogP contribution < -0.4 is 9.13 Å². The molecule has 3 heteroatoms. The minimum absolute atomic E-state index is 0.209. The van der Waals surface area contributed by atoms with E-state index in [-0.39, 0.29) is 11.5 Å². The number of fused-ring (bicyclic) bond motifs is 6. The smallest absolute Gasteiger partial charge is 0.192 e. The molecule has 2 aromatic heterocycles. The Morgan fingerprint density at radius 2 is 1.64 bits per heavy atom. The average molecular weight is 502 g/mol. The summed E-state index contributed by atoms with van der Waals surface area (Å²) in [6.07, 6.45) is 5.10. The molecular formula is C36H27N3+2. The first-order chi connectivity index (χ1) is 19.2. The van der Waals surface area contributed by atoms with Crippen molar-refractivity contribution in [2.24, 2.45) is 0 Å². The van der Waals surface area contributed by atoms with E-state index in [0.29, 0.717) is 0 Å². The highest BCUT2D eigenvalue weighted by Gasteiger charge is 2.67. The molecule has 0 bridgehead atoms. The Hall–Kier alpha value is -4.81. The zero-order valence-corrected chi connectivity index (χ0v) is 21.6. The molecule has 0 N–H and O–H groups in total. The van der Waals surface area contributed by atoms with Gasteiger partial charge in [-0.25, -0.2) is 0 Å². The molecule has 184 valence electrons. The van der Waals surface area contributed by atoms with Crippen molar-refractivity contribution in [2.75, 3.05) is 0 Å². The van der Waals surface area contributed by atoms with Crippen LogP contribution in [0.2, 0.25) is 0 Å². The fraction of sp³-hybridized carbons (Fsp3) is 0.139. The summed E-state index contributed by atoms with van der Waals surface area (Å²) in [5.41, 5.74) is 12.8. The van der Waals surface area contributed by atoms with Crippen molar-refractivity contribution >= 4 is 5.70 Å². The summed E-state index contributed by atoms with van der Waals surface area (Å²) in [5.74, 6) is 0.209. The lowest BCUT2D eigenvalue weighted by Gasteiger charge is -2.45. The first-order valence-electron chi connectivity index (χ1n) is 13.7. The lowest BCUT2D eigenvalue weighted by molar-refractivity contribution is -0.809. The van der Waals surface area contributed by atoms with E-state index in [1.807, 2.05) is 6.07 Å². The molecule has 5 aromatic rings. The van der Waals surface area contributed by atoms with E-state index < -0.39 is 0 Å². The largest absolute Gasteiger partial charge is 0.267 e. The number of benzene rings is 3. The highest BCUT2D eigenvalue weighted by atomic mass is 15.2. The molecule has 0 saturated carbocycles. The summed E-state index contributed by atoms with van der Waals surface area (Å²) in [6.45, 7) is 4.87. The Morgan fingerprint density at radius 3 is 2.51 bits per heavy atom. The van der Waals surface area contributed by atoms with Crippen molar-refractivity contribution in [3.05, 3.63) is 138 Å². The minimum Gasteiger partial charge on any atom is -0.192 e. The van der Waals surface area contributed by atoms with Crippen molar-refractivity contribution in [3.63, 3.8) is 0 Å². The van der Waals surface area contributed by atoms with Gasteiger partial charge >= 0.3 is 0 Å². The van der Waals surface area contributed by atoms with Gasteiger partial charge in [-0.1, -0.05) is 48.5 Å². The first kappa shape index (κ1) is 22.2. The third-order valence-electron chi connectivity index (χ3n) is 9.18. The van der Waals surface area contributed by atoms with Crippen LogP contribution in [0.5, 0.6) is 0 Å². The number of aromatic nitrogens is 2. The van der Waals surface area contributed by atoms with Gasteiger partial charge in [0, 0.05) is 29.8 Å². The normalized spacial score (nSPS) is 19.9.